The van der Waals surface area contributed by atoms with Crippen molar-refractivity contribution in [1.29, 1.82) is 0 Å². The van der Waals surface area contributed by atoms with Crippen LogP contribution in [0.15, 0.2) is 60.7 Å². The number of nitrogens with one attached hydrogen (secondary N) is 1. The smallest absolute Gasteiger partial charge is 0.220 e. The van der Waals surface area contributed by atoms with Crippen molar-refractivity contribution < 1.29 is 4.79 Å². The predicted molar refractivity (Wildman–Crippen MR) is 115 cm³/mol. The van der Waals surface area contributed by atoms with E-state index < -0.39 is 0 Å². The van der Waals surface area contributed by atoms with E-state index in [0.29, 0.717) is 6.42 Å². The highest BCUT2D eigenvalue weighted by molar-refractivity contribution is 7.98. The second-order valence-electron chi connectivity index (χ2n) is 7.43. The van der Waals surface area contributed by atoms with Crippen LogP contribution in [0.25, 0.3) is 0 Å². The van der Waals surface area contributed by atoms with Crippen molar-refractivity contribution in [2.45, 2.75) is 31.2 Å². The number of hydrogen-bond donors (Lipinski definition) is 1. The van der Waals surface area contributed by atoms with E-state index in [9.17, 15) is 4.79 Å². The van der Waals surface area contributed by atoms with Gasteiger partial charge in [0, 0.05) is 30.7 Å². The Morgan fingerprint density at radius 1 is 1.04 bits per heavy atom. The molecule has 1 N–H and O–H groups in total. The largest absolute Gasteiger partial charge is 0.355 e. The van der Waals surface area contributed by atoms with Gasteiger partial charge in [0.25, 0.3) is 0 Å². The van der Waals surface area contributed by atoms with Crippen LogP contribution in [-0.4, -0.2) is 42.4 Å². The average molecular weight is 383 g/mol. The third-order valence-corrected chi connectivity index (χ3v) is 6.22. The summed E-state index contributed by atoms with van der Waals surface area (Å²) in [5.74, 6) is 1.06. The zero-order valence-corrected chi connectivity index (χ0v) is 17.0. The Hall–Kier alpha value is -1.78. The quantitative estimate of drug-likeness (QED) is 0.746. The molecule has 0 atom stereocenters. The van der Waals surface area contributed by atoms with Crippen LogP contribution >= 0.6 is 11.8 Å². The normalized spacial score (nSPS) is 16.8. The highest BCUT2D eigenvalue weighted by Gasteiger charge is 2.36. The number of carbonyl (C=O) groups excluding carboxylic acids is 1. The standard InChI is InChI=1S/C23H30N2OS/c1-27-17-12-22(26)24-19-23(21-10-6-3-7-11-21)13-15-25(16-14-23)18-20-8-4-2-5-9-20/h2-11H,12-19H2,1H3,(H,24,26). The van der Waals surface area contributed by atoms with Gasteiger partial charge in [-0.2, -0.15) is 11.8 Å². The first kappa shape index (κ1) is 20.0. The van der Waals surface area contributed by atoms with Crippen LogP contribution in [0, 0.1) is 0 Å². The molecule has 4 heteroatoms. The van der Waals surface area contributed by atoms with Crippen LogP contribution in [0.4, 0.5) is 0 Å². The second-order valence-corrected chi connectivity index (χ2v) is 8.41. The molecule has 0 aliphatic carbocycles. The number of likely N-dealkylation sites (tertiary alicyclic amines) is 1. The molecule has 0 spiro atoms. The molecule has 0 saturated carbocycles. The Morgan fingerprint density at radius 2 is 1.67 bits per heavy atom. The summed E-state index contributed by atoms with van der Waals surface area (Å²) in [5, 5.41) is 3.22. The van der Waals surface area contributed by atoms with Gasteiger partial charge in [-0.05, 0) is 43.3 Å². The molecule has 0 bridgehead atoms. The first-order chi connectivity index (χ1) is 13.2. The Kier molecular flexibility index (Phi) is 7.36. The third-order valence-electron chi connectivity index (χ3n) is 5.61. The molecule has 0 radical (unpaired) electrons. The lowest BCUT2D eigenvalue weighted by Gasteiger charge is -2.42. The van der Waals surface area contributed by atoms with Crippen molar-refractivity contribution in [3.63, 3.8) is 0 Å². The van der Waals surface area contributed by atoms with E-state index >= 15 is 0 Å². The summed E-state index contributed by atoms with van der Waals surface area (Å²) >= 11 is 1.72. The van der Waals surface area contributed by atoms with E-state index in [1.165, 1.54) is 11.1 Å². The zero-order valence-electron chi connectivity index (χ0n) is 16.2. The maximum absolute atomic E-state index is 12.2. The molecular weight excluding hydrogens is 352 g/mol. The highest BCUT2D eigenvalue weighted by atomic mass is 32.2. The van der Waals surface area contributed by atoms with Gasteiger partial charge in [0.1, 0.15) is 0 Å². The van der Waals surface area contributed by atoms with Crippen LogP contribution in [0.3, 0.4) is 0 Å². The molecule has 3 nitrogen and oxygen atoms in total. The zero-order chi connectivity index (χ0) is 19.0. The molecule has 1 aliphatic rings. The van der Waals surface area contributed by atoms with Gasteiger partial charge < -0.3 is 5.32 Å². The molecule has 3 rings (SSSR count). The molecule has 1 fully saturated rings. The molecule has 1 aliphatic heterocycles. The molecule has 2 aromatic rings. The fourth-order valence-corrected chi connectivity index (χ4v) is 4.28. The van der Waals surface area contributed by atoms with Crippen molar-refractivity contribution >= 4 is 17.7 Å². The Labute approximate surface area is 167 Å². The van der Waals surface area contributed by atoms with Crippen molar-refractivity contribution in [2.24, 2.45) is 0 Å². The van der Waals surface area contributed by atoms with Gasteiger partial charge in [0.2, 0.25) is 5.91 Å². The highest BCUT2D eigenvalue weighted by Crippen LogP contribution is 2.35. The minimum Gasteiger partial charge on any atom is -0.355 e. The lowest BCUT2D eigenvalue weighted by molar-refractivity contribution is -0.121. The van der Waals surface area contributed by atoms with Crippen molar-refractivity contribution in [3.05, 3.63) is 71.8 Å². The van der Waals surface area contributed by atoms with Crippen molar-refractivity contribution in [3.8, 4) is 0 Å². The van der Waals surface area contributed by atoms with E-state index in [1.54, 1.807) is 11.8 Å². The van der Waals surface area contributed by atoms with E-state index in [0.717, 1.165) is 44.8 Å². The Balaban J connectivity index is 1.65. The number of rotatable bonds is 8. The van der Waals surface area contributed by atoms with Crippen LogP contribution in [-0.2, 0) is 16.8 Å². The van der Waals surface area contributed by atoms with Gasteiger partial charge in [0.15, 0.2) is 0 Å². The third kappa shape index (κ3) is 5.60. The average Bonchev–Trinajstić information content (AvgIpc) is 2.73. The molecule has 0 unspecified atom stereocenters. The van der Waals surface area contributed by atoms with Crippen LogP contribution in [0.2, 0.25) is 0 Å². The second kappa shape index (κ2) is 9.95. The number of piperidine rings is 1. The fraction of sp³-hybridized carbons (Fsp3) is 0.435. The molecule has 27 heavy (non-hydrogen) atoms. The van der Waals surface area contributed by atoms with Gasteiger partial charge in [0.05, 0.1) is 0 Å². The summed E-state index contributed by atoms with van der Waals surface area (Å²) in [6.45, 7) is 3.87. The molecule has 144 valence electrons. The first-order valence-corrected chi connectivity index (χ1v) is 11.2. The summed E-state index contributed by atoms with van der Waals surface area (Å²) in [7, 11) is 0. The van der Waals surface area contributed by atoms with Crippen LogP contribution < -0.4 is 5.32 Å². The monoisotopic (exact) mass is 382 g/mol. The number of hydrogen-bond acceptors (Lipinski definition) is 3. The van der Waals surface area contributed by atoms with E-state index in [4.69, 9.17) is 0 Å². The van der Waals surface area contributed by atoms with E-state index in [1.807, 2.05) is 6.26 Å². The van der Waals surface area contributed by atoms with Gasteiger partial charge in [-0.3, -0.25) is 9.69 Å². The number of carbonyl (C=O) groups is 1. The summed E-state index contributed by atoms with van der Waals surface area (Å²) < 4.78 is 0. The molecule has 1 heterocycles. The number of thioether (sulfide) groups is 1. The Bertz CT molecular complexity index is 697. The van der Waals surface area contributed by atoms with E-state index in [2.05, 4.69) is 70.9 Å². The summed E-state index contributed by atoms with van der Waals surface area (Å²) in [6.07, 6.45) is 4.80. The summed E-state index contributed by atoms with van der Waals surface area (Å²) in [4.78, 5) is 14.7. The lowest BCUT2D eigenvalue weighted by Crippen LogP contribution is -2.48. The molecule has 1 amide bonds. The topological polar surface area (TPSA) is 32.3 Å². The molecule has 2 aromatic carbocycles. The minimum atomic E-state index is 0.0451. The summed E-state index contributed by atoms with van der Waals surface area (Å²) in [6, 6.07) is 21.4. The molecule has 0 aromatic heterocycles. The SMILES string of the molecule is CSCCC(=O)NCC1(c2ccccc2)CCN(Cc2ccccc2)CC1. The van der Waals surface area contributed by atoms with Crippen LogP contribution in [0.1, 0.15) is 30.4 Å². The maximum Gasteiger partial charge on any atom is 0.220 e. The molecule has 1 saturated heterocycles. The van der Waals surface area contributed by atoms with E-state index in [-0.39, 0.29) is 11.3 Å². The van der Waals surface area contributed by atoms with Crippen LogP contribution in [0.5, 0.6) is 0 Å². The lowest BCUT2D eigenvalue weighted by atomic mass is 9.72. The van der Waals surface area contributed by atoms with Crippen molar-refractivity contribution in [1.82, 2.24) is 10.2 Å². The number of amides is 1. The van der Waals surface area contributed by atoms with Gasteiger partial charge in [-0.1, -0.05) is 60.7 Å². The number of nitrogens with zero attached hydrogens (tertiary/aromatic N) is 1. The molecular formula is C23H30N2OS. The fourth-order valence-electron chi connectivity index (χ4n) is 3.89. The van der Waals surface area contributed by atoms with Gasteiger partial charge in [-0.25, -0.2) is 0 Å². The first-order valence-electron chi connectivity index (χ1n) is 9.79. The van der Waals surface area contributed by atoms with Gasteiger partial charge in [-0.15, -0.1) is 0 Å². The Morgan fingerprint density at radius 3 is 2.30 bits per heavy atom. The summed E-state index contributed by atoms with van der Waals surface area (Å²) in [5.41, 5.74) is 2.77. The number of benzene rings is 2. The van der Waals surface area contributed by atoms with Gasteiger partial charge >= 0.3 is 0 Å². The predicted octanol–water partition coefficient (Wildman–Crippen LogP) is 4.09. The van der Waals surface area contributed by atoms with Crippen molar-refractivity contribution in [2.75, 3.05) is 31.6 Å². The minimum absolute atomic E-state index is 0.0451. The maximum atomic E-state index is 12.2.